The Morgan fingerprint density at radius 3 is 2.76 bits per heavy atom. The number of pyridine rings is 1. The molecule has 5 rings (SSSR count). The van der Waals surface area contributed by atoms with E-state index < -0.39 is 5.97 Å². The topological polar surface area (TPSA) is 97.1 Å². The molecule has 4 aromatic rings. The molecule has 0 bridgehead atoms. The van der Waals surface area contributed by atoms with Crippen LogP contribution in [0.25, 0.3) is 22.6 Å². The van der Waals surface area contributed by atoms with E-state index in [9.17, 15) is 14.7 Å². The van der Waals surface area contributed by atoms with Gasteiger partial charge in [-0.15, -0.1) is 11.3 Å². The summed E-state index contributed by atoms with van der Waals surface area (Å²) in [5.41, 5.74) is 2.45. The average molecular weight is 525 g/mol. The summed E-state index contributed by atoms with van der Waals surface area (Å²) in [6.07, 6.45) is 5.33. The van der Waals surface area contributed by atoms with Gasteiger partial charge in [-0.3, -0.25) is 9.78 Å². The van der Waals surface area contributed by atoms with Crippen LogP contribution >= 0.6 is 27.3 Å². The van der Waals surface area contributed by atoms with E-state index in [0.29, 0.717) is 16.2 Å². The van der Waals surface area contributed by atoms with Crippen LogP contribution in [0.5, 0.6) is 0 Å². The minimum atomic E-state index is -0.980. The van der Waals surface area contributed by atoms with Crippen LogP contribution in [0.15, 0.2) is 58.5 Å². The van der Waals surface area contributed by atoms with Crippen molar-refractivity contribution in [1.82, 2.24) is 19.9 Å². The van der Waals surface area contributed by atoms with Crippen molar-refractivity contribution < 1.29 is 14.7 Å². The number of aromatic carboxylic acids is 1. The number of fused-ring (bicyclic) bond motifs is 1. The van der Waals surface area contributed by atoms with Crippen LogP contribution in [0.4, 0.5) is 0 Å². The highest BCUT2D eigenvalue weighted by Crippen LogP contribution is 2.36. The Bertz CT molecular complexity index is 1330. The first-order valence-electron chi connectivity index (χ1n) is 10.7. The van der Waals surface area contributed by atoms with Gasteiger partial charge in [0.2, 0.25) is 0 Å². The highest BCUT2D eigenvalue weighted by atomic mass is 79.9. The maximum Gasteiger partial charge on any atom is 0.335 e. The van der Waals surface area contributed by atoms with Gasteiger partial charge in [0.15, 0.2) is 5.82 Å². The minimum Gasteiger partial charge on any atom is -0.478 e. The summed E-state index contributed by atoms with van der Waals surface area (Å²) in [5, 5.41) is 12.6. The molecule has 33 heavy (non-hydrogen) atoms. The van der Waals surface area contributed by atoms with Gasteiger partial charge in [-0.1, -0.05) is 6.07 Å². The number of aromatic nitrogens is 3. The summed E-state index contributed by atoms with van der Waals surface area (Å²) in [7, 11) is 0. The number of carbonyl (C=O) groups is 2. The maximum absolute atomic E-state index is 12.7. The Morgan fingerprint density at radius 2 is 2.03 bits per heavy atom. The Balaban J connectivity index is 1.49. The molecule has 0 saturated heterocycles. The van der Waals surface area contributed by atoms with Crippen LogP contribution in [-0.2, 0) is 0 Å². The summed E-state index contributed by atoms with van der Waals surface area (Å²) in [6, 6.07) is 14.6. The van der Waals surface area contributed by atoms with Crippen LogP contribution in [-0.4, -0.2) is 37.6 Å². The van der Waals surface area contributed by atoms with Gasteiger partial charge in [-0.2, -0.15) is 0 Å². The molecule has 2 N–H and O–H groups in total. The SMILES string of the molecule is O=C(O)c1ccc2c(c1)nc(-c1ccccn1)n2C1CCCC(NC(=O)c2ccc(Br)s2)C1. The van der Waals surface area contributed by atoms with E-state index in [1.54, 1.807) is 18.3 Å². The van der Waals surface area contributed by atoms with Crippen molar-refractivity contribution in [2.45, 2.75) is 37.8 Å². The lowest BCUT2D eigenvalue weighted by Gasteiger charge is -2.31. The smallest absolute Gasteiger partial charge is 0.335 e. The molecule has 9 heteroatoms. The first-order chi connectivity index (χ1) is 16.0. The zero-order valence-corrected chi connectivity index (χ0v) is 20.0. The van der Waals surface area contributed by atoms with Gasteiger partial charge in [0.25, 0.3) is 5.91 Å². The number of hydrogen-bond donors (Lipinski definition) is 2. The number of halogens is 1. The number of benzene rings is 1. The molecule has 1 amide bonds. The van der Waals surface area contributed by atoms with E-state index in [2.05, 4.69) is 30.8 Å². The molecule has 1 saturated carbocycles. The molecule has 1 aromatic carbocycles. The molecule has 7 nitrogen and oxygen atoms in total. The number of nitrogens with one attached hydrogen (secondary N) is 1. The number of carboxylic acid groups (broad SMARTS) is 1. The molecule has 3 aromatic heterocycles. The normalized spacial score (nSPS) is 18.3. The third-order valence-electron chi connectivity index (χ3n) is 5.97. The maximum atomic E-state index is 12.7. The predicted molar refractivity (Wildman–Crippen MR) is 131 cm³/mol. The van der Waals surface area contributed by atoms with Crippen molar-refractivity contribution in [3.05, 3.63) is 69.0 Å². The lowest BCUT2D eigenvalue weighted by Crippen LogP contribution is -2.38. The van der Waals surface area contributed by atoms with Gasteiger partial charge in [0.05, 0.1) is 25.3 Å². The number of hydrogen-bond acceptors (Lipinski definition) is 5. The fraction of sp³-hybridized carbons (Fsp3) is 0.250. The van der Waals surface area contributed by atoms with E-state index in [0.717, 1.165) is 40.7 Å². The van der Waals surface area contributed by atoms with Gasteiger partial charge in [0, 0.05) is 18.3 Å². The molecule has 1 aliphatic rings. The molecule has 2 unspecified atom stereocenters. The highest BCUT2D eigenvalue weighted by Gasteiger charge is 2.29. The summed E-state index contributed by atoms with van der Waals surface area (Å²) in [5.74, 6) is -0.318. The second-order valence-corrected chi connectivity index (χ2v) is 10.6. The van der Waals surface area contributed by atoms with Crippen molar-refractivity contribution in [1.29, 1.82) is 0 Å². The number of amides is 1. The standard InChI is InChI=1S/C24H21BrN4O3S/c25-21-10-9-20(33-21)23(30)27-15-4-3-5-16(13-15)29-19-8-7-14(24(31)32)12-18(19)28-22(29)17-6-1-2-11-26-17/h1-2,6-12,15-16H,3-5,13H2,(H,27,30)(H,31,32). The lowest BCUT2D eigenvalue weighted by molar-refractivity contribution is 0.0696. The molecule has 0 aliphatic heterocycles. The molecule has 168 valence electrons. The summed E-state index contributed by atoms with van der Waals surface area (Å²) in [6.45, 7) is 0. The van der Waals surface area contributed by atoms with E-state index in [1.807, 2.05) is 36.4 Å². The predicted octanol–water partition coefficient (Wildman–Crippen LogP) is 5.53. The van der Waals surface area contributed by atoms with E-state index in [-0.39, 0.29) is 23.6 Å². The van der Waals surface area contributed by atoms with Crippen LogP contribution < -0.4 is 5.32 Å². The minimum absolute atomic E-state index is 0.0458. The first-order valence-corrected chi connectivity index (χ1v) is 12.3. The lowest BCUT2D eigenvalue weighted by atomic mass is 9.90. The third-order valence-corrected chi connectivity index (χ3v) is 7.60. The Labute approximate surface area is 202 Å². The number of imidazole rings is 1. The molecule has 2 atom stereocenters. The van der Waals surface area contributed by atoms with E-state index in [1.165, 1.54) is 11.3 Å². The number of carbonyl (C=O) groups excluding carboxylic acids is 1. The highest BCUT2D eigenvalue weighted by molar-refractivity contribution is 9.11. The molecule has 1 fully saturated rings. The van der Waals surface area contributed by atoms with Gasteiger partial charge in [0.1, 0.15) is 5.69 Å². The van der Waals surface area contributed by atoms with Crippen molar-refractivity contribution in [3.63, 3.8) is 0 Å². The van der Waals surface area contributed by atoms with Gasteiger partial charge in [-0.25, -0.2) is 9.78 Å². The van der Waals surface area contributed by atoms with E-state index >= 15 is 0 Å². The largest absolute Gasteiger partial charge is 0.478 e. The number of carboxylic acids is 1. The van der Waals surface area contributed by atoms with Crippen LogP contribution in [0.1, 0.15) is 51.8 Å². The molecule has 0 radical (unpaired) electrons. The van der Waals surface area contributed by atoms with Crippen molar-refractivity contribution in [2.75, 3.05) is 0 Å². The number of rotatable bonds is 5. The Hall–Kier alpha value is -3.04. The second-order valence-electron chi connectivity index (χ2n) is 8.12. The Morgan fingerprint density at radius 1 is 1.15 bits per heavy atom. The number of nitrogens with zero attached hydrogens (tertiary/aromatic N) is 3. The van der Waals surface area contributed by atoms with Crippen LogP contribution in [0.3, 0.4) is 0 Å². The van der Waals surface area contributed by atoms with Crippen molar-refractivity contribution >= 4 is 50.2 Å². The van der Waals surface area contributed by atoms with Gasteiger partial charge < -0.3 is 15.0 Å². The molecule has 3 heterocycles. The second kappa shape index (κ2) is 9.07. The van der Waals surface area contributed by atoms with Crippen molar-refractivity contribution in [2.24, 2.45) is 0 Å². The van der Waals surface area contributed by atoms with Gasteiger partial charge >= 0.3 is 5.97 Å². The summed E-state index contributed by atoms with van der Waals surface area (Å²) >= 11 is 4.84. The molecular formula is C24H21BrN4O3S. The summed E-state index contributed by atoms with van der Waals surface area (Å²) < 4.78 is 3.10. The third kappa shape index (κ3) is 4.43. The quantitative estimate of drug-likeness (QED) is 0.357. The van der Waals surface area contributed by atoms with Crippen LogP contribution in [0, 0.1) is 0 Å². The molecule has 1 aliphatic carbocycles. The zero-order chi connectivity index (χ0) is 22.9. The van der Waals surface area contributed by atoms with Crippen molar-refractivity contribution in [3.8, 4) is 11.5 Å². The Kier molecular flexibility index (Phi) is 5.99. The summed E-state index contributed by atoms with van der Waals surface area (Å²) in [4.78, 5) is 34.2. The first kappa shape index (κ1) is 21.8. The average Bonchev–Trinajstić information content (AvgIpc) is 3.43. The van der Waals surface area contributed by atoms with Gasteiger partial charge in [-0.05, 0) is 84.1 Å². The molecular weight excluding hydrogens is 504 g/mol. The monoisotopic (exact) mass is 524 g/mol. The zero-order valence-electron chi connectivity index (χ0n) is 17.6. The fourth-order valence-electron chi connectivity index (χ4n) is 4.50. The van der Waals surface area contributed by atoms with E-state index in [4.69, 9.17) is 4.98 Å². The fourth-order valence-corrected chi connectivity index (χ4v) is 5.79. The number of thiophene rings is 1. The molecule has 0 spiro atoms. The van der Waals surface area contributed by atoms with Crippen LogP contribution in [0.2, 0.25) is 0 Å².